The number of anilines is 1. The first-order valence-corrected chi connectivity index (χ1v) is 8.28. The lowest BCUT2D eigenvalue weighted by molar-refractivity contribution is 0.452. The summed E-state index contributed by atoms with van der Waals surface area (Å²) in [7, 11) is -1.02. The highest BCUT2D eigenvalue weighted by molar-refractivity contribution is 7.91. The zero-order chi connectivity index (χ0) is 13.3. The Bertz CT molecular complexity index is 502. The van der Waals surface area contributed by atoms with Crippen molar-refractivity contribution in [1.82, 2.24) is 9.78 Å². The van der Waals surface area contributed by atoms with Gasteiger partial charge >= 0.3 is 0 Å². The largest absolute Gasteiger partial charge is 0.366 e. The number of hydrogen-bond donors (Lipinski definition) is 1. The number of hydrogen-bond acceptors (Lipinski definition) is 4. The van der Waals surface area contributed by atoms with Crippen molar-refractivity contribution in [2.45, 2.75) is 43.9 Å². The van der Waals surface area contributed by atoms with E-state index >= 15 is 0 Å². The number of nitrogens with zero attached hydrogens (tertiary/aromatic N) is 2. The van der Waals surface area contributed by atoms with Crippen LogP contribution in [0.1, 0.15) is 31.4 Å². The van der Waals surface area contributed by atoms with Gasteiger partial charge in [-0.05, 0) is 26.2 Å². The summed E-state index contributed by atoms with van der Waals surface area (Å²) >= 11 is 0. The molecule has 0 aliphatic heterocycles. The molecule has 1 N–H and O–H groups in total. The number of aryl methyl sites for hydroxylation is 2. The van der Waals surface area contributed by atoms with Crippen molar-refractivity contribution in [3.05, 3.63) is 11.8 Å². The molecule has 2 atom stereocenters. The highest BCUT2D eigenvalue weighted by Gasteiger charge is 2.29. The van der Waals surface area contributed by atoms with Crippen LogP contribution < -0.4 is 5.32 Å². The zero-order valence-electron chi connectivity index (χ0n) is 11.2. The van der Waals surface area contributed by atoms with Crippen LogP contribution in [0.2, 0.25) is 0 Å². The Morgan fingerprint density at radius 1 is 1.44 bits per heavy atom. The Morgan fingerprint density at radius 3 is 2.72 bits per heavy atom. The van der Waals surface area contributed by atoms with Crippen molar-refractivity contribution in [2.75, 3.05) is 11.6 Å². The third kappa shape index (κ3) is 3.04. The van der Waals surface area contributed by atoms with Crippen molar-refractivity contribution in [1.29, 1.82) is 0 Å². The quantitative estimate of drug-likeness (QED) is 0.905. The monoisotopic (exact) mass is 271 g/mol. The minimum Gasteiger partial charge on any atom is -0.366 e. The molecule has 18 heavy (non-hydrogen) atoms. The van der Waals surface area contributed by atoms with Gasteiger partial charge in [-0.1, -0.05) is 6.42 Å². The second-order valence-electron chi connectivity index (χ2n) is 5.25. The topological polar surface area (TPSA) is 64.0 Å². The Balaban J connectivity index is 2.02. The molecular formula is C12H21N3O2S. The van der Waals surface area contributed by atoms with E-state index in [9.17, 15) is 8.42 Å². The molecule has 1 heterocycles. The van der Waals surface area contributed by atoms with Crippen LogP contribution in [0.25, 0.3) is 0 Å². The first-order chi connectivity index (χ1) is 8.36. The summed E-state index contributed by atoms with van der Waals surface area (Å²) < 4.78 is 25.0. The van der Waals surface area contributed by atoms with Crippen LogP contribution in [0.3, 0.4) is 0 Å². The van der Waals surface area contributed by atoms with Crippen molar-refractivity contribution >= 4 is 15.7 Å². The lowest BCUT2D eigenvalue weighted by Crippen LogP contribution is -2.34. The van der Waals surface area contributed by atoms with Gasteiger partial charge in [-0.15, -0.1) is 0 Å². The Kier molecular flexibility index (Phi) is 3.66. The standard InChI is InChI=1S/C12H21N3O2S/c1-9-7-12(14-15(9)2)13-10-5-4-6-11(8-10)18(3,16)17/h7,10-11H,4-6,8H2,1-3H3,(H,13,14). The minimum atomic E-state index is -2.92. The zero-order valence-corrected chi connectivity index (χ0v) is 12.0. The molecule has 0 aromatic carbocycles. The van der Waals surface area contributed by atoms with E-state index in [0.29, 0.717) is 6.42 Å². The smallest absolute Gasteiger partial charge is 0.150 e. The van der Waals surface area contributed by atoms with Crippen LogP contribution in [0.5, 0.6) is 0 Å². The lowest BCUT2D eigenvalue weighted by atomic mass is 9.95. The van der Waals surface area contributed by atoms with Gasteiger partial charge in [-0.3, -0.25) is 4.68 Å². The SMILES string of the molecule is Cc1cc(NC2CCCC(S(C)(=O)=O)C2)nn1C. The summed E-state index contributed by atoms with van der Waals surface area (Å²) in [5.74, 6) is 0.842. The molecule has 1 aliphatic carbocycles. The van der Waals surface area contributed by atoms with Gasteiger partial charge in [0.15, 0.2) is 0 Å². The predicted octanol–water partition coefficient (Wildman–Crippen LogP) is 1.50. The van der Waals surface area contributed by atoms with E-state index in [0.717, 1.165) is 30.8 Å². The minimum absolute atomic E-state index is 0.200. The summed E-state index contributed by atoms with van der Waals surface area (Å²) in [4.78, 5) is 0. The maximum atomic E-state index is 11.6. The van der Waals surface area contributed by atoms with E-state index < -0.39 is 9.84 Å². The van der Waals surface area contributed by atoms with Gasteiger partial charge in [0, 0.05) is 31.1 Å². The summed E-state index contributed by atoms with van der Waals surface area (Å²) in [6.07, 6.45) is 4.79. The van der Waals surface area contributed by atoms with Crippen molar-refractivity contribution in [3.8, 4) is 0 Å². The fraction of sp³-hybridized carbons (Fsp3) is 0.750. The number of aromatic nitrogens is 2. The van der Waals surface area contributed by atoms with Gasteiger partial charge in [0.1, 0.15) is 15.7 Å². The van der Waals surface area contributed by atoms with Crippen LogP contribution in [-0.2, 0) is 16.9 Å². The summed E-state index contributed by atoms with van der Waals surface area (Å²) in [6, 6.07) is 2.21. The molecule has 1 saturated carbocycles. The molecule has 6 heteroatoms. The third-order valence-corrected chi connectivity index (χ3v) is 5.34. The first-order valence-electron chi connectivity index (χ1n) is 6.32. The highest BCUT2D eigenvalue weighted by Crippen LogP contribution is 2.26. The molecule has 1 aromatic rings. The molecule has 0 radical (unpaired) electrons. The average Bonchev–Trinajstić information content (AvgIpc) is 2.57. The summed E-state index contributed by atoms with van der Waals surface area (Å²) in [5.41, 5.74) is 1.09. The van der Waals surface area contributed by atoms with Gasteiger partial charge in [-0.25, -0.2) is 8.42 Å². The summed E-state index contributed by atoms with van der Waals surface area (Å²) in [5, 5.41) is 7.50. The molecule has 102 valence electrons. The normalized spacial score (nSPS) is 25.1. The molecule has 1 aromatic heterocycles. The van der Waals surface area contributed by atoms with Crippen LogP contribution in [0, 0.1) is 6.92 Å². The van der Waals surface area contributed by atoms with Crippen LogP contribution in [0.4, 0.5) is 5.82 Å². The molecule has 5 nitrogen and oxygen atoms in total. The molecule has 1 aliphatic rings. The molecule has 0 saturated heterocycles. The fourth-order valence-electron chi connectivity index (χ4n) is 2.51. The van der Waals surface area contributed by atoms with Gasteiger partial charge in [0.05, 0.1) is 5.25 Å². The van der Waals surface area contributed by atoms with E-state index in [4.69, 9.17) is 0 Å². The van der Waals surface area contributed by atoms with Gasteiger partial charge in [0.25, 0.3) is 0 Å². The highest BCUT2D eigenvalue weighted by atomic mass is 32.2. The maximum absolute atomic E-state index is 11.6. The van der Waals surface area contributed by atoms with E-state index in [1.54, 1.807) is 0 Å². The predicted molar refractivity (Wildman–Crippen MR) is 72.5 cm³/mol. The molecule has 0 amide bonds. The third-order valence-electron chi connectivity index (χ3n) is 3.70. The van der Waals surface area contributed by atoms with Crippen LogP contribution in [0.15, 0.2) is 6.07 Å². The van der Waals surface area contributed by atoms with Crippen molar-refractivity contribution < 1.29 is 8.42 Å². The van der Waals surface area contributed by atoms with Gasteiger partial charge in [0.2, 0.25) is 0 Å². The number of sulfone groups is 1. The Morgan fingerprint density at radius 2 is 2.17 bits per heavy atom. The second-order valence-corrected chi connectivity index (χ2v) is 7.58. The van der Waals surface area contributed by atoms with Gasteiger partial charge in [-0.2, -0.15) is 5.10 Å². The van der Waals surface area contributed by atoms with E-state index in [1.807, 2.05) is 24.7 Å². The average molecular weight is 271 g/mol. The van der Waals surface area contributed by atoms with Crippen LogP contribution in [-0.4, -0.2) is 35.7 Å². The molecule has 0 spiro atoms. The number of nitrogens with one attached hydrogen (secondary N) is 1. The Labute approximate surface area is 108 Å². The van der Waals surface area contributed by atoms with E-state index in [2.05, 4.69) is 10.4 Å². The number of rotatable bonds is 3. The van der Waals surface area contributed by atoms with Crippen molar-refractivity contribution in [3.63, 3.8) is 0 Å². The van der Waals surface area contributed by atoms with Gasteiger partial charge < -0.3 is 5.32 Å². The molecule has 0 bridgehead atoms. The fourth-order valence-corrected chi connectivity index (χ4v) is 3.68. The Hall–Kier alpha value is -1.04. The lowest BCUT2D eigenvalue weighted by Gasteiger charge is -2.28. The molecule has 2 rings (SSSR count). The van der Waals surface area contributed by atoms with Crippen molar-refractivity contribution in [2.24, 2.45) is 7.05 Å². The summed E-state index contributed by atoms with van der Waals surface area (Å²) in [6.45, 7) is 2.00. The van der Waals surface area contributed by atoms with E-state index in [-0.39, 0.29) is 11.3 Å². The second kappa shape index (κ2) is 4.91. The first kappa shape index (κ1) is 13.4. The maximum Gasteiger partial charge on any atom is 0.150 e. The molecular weight excluding hydrogens is 250 g/mol. The molecule has 1 fully saturated rings. The van der Waals surface area contributed by atoms with Crippen LogP contribution >= 0.6 is 0 Å². The molecule has 2 unspecified atom stereocenters. The van der Waals surface area contributed by atoms with E-state index in [1.165, 1.54) is 6.26 Å².